The molecule has 1 aromatic heterocycles. The van der Waals surface area contributed by atoms with Crippen LogP contribution in [0.4, 0.5) is 5.69 Å². The standard InChI is InChI=1S/C19H25N7O2/c1-19(2,28)17-12-22-26(24-17)14-6-5-11-25(13-14)18(27)15-7-3-4-8-16(15)23-21-10-9-20/h3-4,7-10,12,14,20,23,28H,5-6,11,13H2,1-2H3/b20-9?,21-10-. The first-order chi connectivity index (χ1) is 13.4. The third-order valence-corrected chi connectivity index (χ3v) is 4.64. The van der Waals surface area contributed by atoms with Crippen LogP contribution in [0.25, 0.3) is 0 Å². The lowest BCUT2D eigenvalue weighted by molar-refractivity contribution is 0.0641. The van der Waals surface area contributed by atoms with E-state index in [2.05, 4.69) is 20.7 Å². The maximum Gasteiger partial charge on any atom is 0.256 e. The molecule has 1 atom stereocenters. The van der Waals surface area contributed by atoms with Crippen LogP contribution in [0.1, 0.15) is 48.8 Å². The van der Waals surface area contributed by atoms with E-state index in [4.69, 9.17) is 5.41 Å². The average molecular weight is 383 g/mol. The number of hydrogen-bond acceptors (Lipinski definition) is 7. The van der Waals surface area contributed by atoms with Crippen molar-refractivity contribution >= 4 is 24.0 Å². The van der Waals surface area contributed by atoms with Crippen molar-refractivity contribution in [2.24, 2.45) is 5.10 Å². The molecule has 1 amide bonds. The topological polar surface area (TPSA) is 119 Å². The number of hydrogen-bond donors (Lipinski definition) is 3. The van der Waals surface area contributed by atoms with Gasteiger partial charge in [-0.25, -0.2) is 0 Å². The fourth-order valence-corrected chi connectivity index (χ4v) is 3.14. The van der Waals surface area contributed by atoms with Crippen LogP contribution < -0.4 is 5.43 Å². The number of aromatic nitrogens is 3. The Morgan fingerprint density at radius 3 is 2.93 bits per heavy atom. The highest BCUT2D eigenvalue weighted by Crippen LogP contribution is 2.25. The highest BCUT2D eigenvalue weighted by Gasteiger charge is 2.29. The fourth-order valence-electron chi connectivity index (χ4n) is 3.14. The van der Waals surface area contributed by atoms with Gasteiger partial charge in [-0.05, 0) is 38.8 Å². The number of carbonyl (C=O) groups excluding carboxylic acids is 1. The van der Waals surface area contributed by atoms with Gasteiger partial charge in [-0.2, -0.15) is 20.1 Å². The fraction of sp³-hybridized carbons (Fsp3) is 0.421. The van der Waals surface area contributed by atoms with Gasteiger partial charge in [-0.15, -0.1) is 0 Å². The highest BCUT2D eigenvalue weighted by molar-refractivity contribution is 6.14. The lowest BCUT2D eigenvalue weighted by atomic mass is 10.0. The zero-order chi connectivity index (χ0) is 20.1. The van der Waals surface area contributed by atoms with Crippen molar-refractivity contribution in [1.82, 2.24) is 19.9 Å². The number of carbonyl (C=O) groups is 1. The van der Waals surface area contributed by atoms with Crippen molar-refractivity contribution in [3.63, 3.8) is 0 Å². The van der Waals surface area contributed by atoms with E-state index in [1.807, 2.05) is 12.1 Å². The maximum atomic E-state index is 13.1. The molecule has 2 heterocycles. The Bertz CT molecular complexity index is 869. The van der Waals surface area contributed by atoms with Gasteiger partial charge < -0.3 is 15.4 Å². The Kier molecular flexibility index (Phi) is 5.84. The van der Waals surface area contributed by atoms with Gasteiger partial charge in [0.2, 0.25) is 0 Å². The van der Waals surface area contributed by atoms with E-state index in [9.17, 15) is 9.90 Å². The molecule has 3 rings (SSSR count). The number of para-hydroxylation sites is 1. The number of likely N-dealkylation sites (tertiary alicyclic amines) is 1. The normalized spacial score (nSPS) is 17.7. The molecule has 0 spiro atoms. The molecule has 0 aliphatic carbocycles. The molecule has 28 heavy (non-hydrogen) atoms. The quantitative estimate of drug-likeness (QED) is 0.521. The lowest BCUT2D eigenvalue weighted by Crippen LogP contribution is -2.41. The van der Waals surface area contributed by atoms with Gasteiger partial charge in [-0.1, -0.05) is 12.1 Å². The predicted octanol–water partition coefficient (Wildman–Crippen LogP) is 2.03. The van der Waals surface area contributed by atoms with E-state index in [1.165, 1.54) is 6.21 Å². The Balaban J connectivity index is 1.76. The van der Waals surface area contributed by atoms with E-state index in [1.54, 1.807) is 41.9 Å². The number of anilines is 1. The Morgan fingerprint density at radius 1 is 1.43 bits per heavy atom. The number of nitrogens with zero attached hydrogens (tertiary/aromatic N) is 5. The van der Waals surface area contributed by atoms with Gasteiger partial charge in [-0.3, -0.25) is 10.2 Å². The first-order valence-electron chi connectivity index (χ1n) is 9.21. The molecule has 148 valence electrons. The summed E-state index contributed by atoms with van der Waals surface area (Å²) in [5.74, 6) is -0.0901. The molecule has 0 radical (unpaired) electrons. The van der Waals surface area contributed by atoms with Gasteiger partial charge in [0.15, 0.2) is 0 Å². The molecule has 0 saturated carbocycles. The average Bonchev–Trinajstić information content (AvgIpc) is 3.19. The molecule has 1 fully saturated rings. The van der Waals surface area contributed by atoms with E-state index in [-0.39, 0.29) is 11.9 Å². The SMILES string of the molecule is CC(C)(O)c1cnn(C2CCCN(C(=O)c3ccccc3N/N=C\C=N)C2)n1. The molecule has 1 aromatic carbocycles. The van der Waals surface area contributed by atoms with Crippen molar-refractivity contribution in [2.75, 3.05) is 18.5 Å². The first kappa shape index (κ1) is 19.7. The van der Waals surface area contributed by atoms with Gasteiger partial charge in [0.25, 0.3) is 5.91 Å². The summed E-state index contributed by atoms with van der Waals surface area (Å²) >= 11 is 0. The smallest absolute Gasteiger partial charge is 0.256 e. The largest absolute Gasteiger partial charge is 0.384 e. The van der Waals surface area contributed by atoms with Gasteiger partial charge in [0.1, 0.15) is 11.3 Å². The van der Waals surface area contributed by atoms with E-state index in [0.29, 0.717) is 30.0 Å². The van der Waals surface area contributed by atoms with Crippen molar-refractivity contribution in [2.45, 2.75) is 38.3 Å². The molecule has 9 nitrogen and oxygen atoms in total. The summed E-state index contributed by atoms with van der Waals surface area (Å²) in [5, 5.41) is 29.7. The predicted molar refractivity (Wildman–Crippen MR) is 107 cm³/mol. The zero-order valence-corrected chi connectivity index (χ0v) is 16.0. The molecule has 1 unspecified atom stereocenters. The Hall–Kier alpha value is -3.07. The van der Waals surface area contributed by atoms with Gasteiger partial charge >= 0.3 is 0 Å². The highest BCUT2D eigenvalue weighted by atomic mass is 16.3. The second-order valence-electron chi connectivity index (χ2n) is 7.26. The Morgan fingerprint density at radius 2 is 2.21 bits per heavy atom. The van der Waals surface area contributed by atoms with Crippen LogP contribution in [-0.2, 0) is 5.60 Å². The van der Waals surface area contributed by atoms with Gasteiger partial charge in [0, 0.05) is 19.3 Å². The van der Waals surface area contributed by atoms with Crippen molar-refractivity contribution in [3.8, 4) is 0 Å². The van der Waals surface area contributed by atoms with E-state index >= 15 is 0 Å². The monoisotopic (exact) mass is 383 g/mol. The third kappa shape index (κ3) is 4.42. The summed E-state index contributed by atoms with van der Waals surface area (Å²) < 4.78 is 0. The molecule has 1 aliphatic rings. The number of hydrazone groups is 1. The van der Waals surface area contributed by atoms with Gasteiger partial charge in [0.05, 0.1) is 29.7 Å². The second-order valence-corrected chi connectivity index (χ2v) is 7.26. The number of benzene rings is 1. The zero-order valence-electron chi connectivity index (χ0n) is 16.0. The summed E-state index contributed by atoms with van der Waals surface area (Å²) in [7, 11) is 0. The van der Waals surface area contributed by atoms with Crippen LogP contribution in [0.5, 0.6) is 0 Å². The first-order valence-corrected chi connectivity index (χ1v) is 9.21. The number of nitrogens with one attached hydrogen (secondary N) is 2. The number of aliphatic hydroxyl groups is 1. The van der Waals surface area contributed by atoms with E-state index < -0.39 is 5.60 Å². The van der Waals surface area contributed by atoms with Crippen LogP contribution in [0, 0.1) is 5.41 Å². The Labute approximate surface area is 163 Å². The molecular weight excluding hydrogens is 358 g/mol. The molecule has 9 heteroatoms. The second kappa shape index (κ2) is 8.30. The van der Waals surface area contributed by atoms with Crippen molar-refractivity contribution < 1.29 is 9.90 Å². The molecular formula is C19H25N7O2. The lowest BCUT2D eigenvalue weighted by Gasteiger charge is -2.32. The number of rotatable bonds is 6. The third-order valence-electron chi connectivity index (χ3n) is 4.64. The minimum absolute atomic E-state index is 0.0372. The molecule has 1 saturated heterocycles. The van der Waals surface area contributed by atoms with Crippen LogP contribution >= 0.6 is 0 Å². The minimum Gasteiger partial charge on any atom is -0.384 e. The van der Waals surface area contributed by atoms with Crippen LogP contribution in [0.15, 0.2) is 35.6 Å². The molecule has 0 bridgehead atoms. The molecule has 3 N–H and O–H groups in total. The summed E-state index contributed by atoms with van der Waals surface area (Å²) in [6.07, 6.45) is 5.65. The minimum atomic E-state index is -1.05. The van der Waals surface area contributed by atoms with Crippen molar-refractivity contribution in [1.29, 1.82) is 5.41 Å². The number of piperidine rings is 1. The van der Waals surface area contributed by atoms with Crippen molar-refractivity contribution in [3.05, 3.63) is 41.7 Å². The maximum absolute atomic E-state index is 13.1. The number of amides is 1. The van der Waals surface area contributed by atoms with Crippen LogP contribution in [-0.4, -0.2) is 56.4 Å². The van der Waals surface area contributed by atoms with E-state index in [0.717, 1.165) is 19.1 Å². The summed E-state index contributed by atoms with van der Waals surface area (Å²) in [6, 6.07) is 7.13. The summed E-state index contributed by atoms with van der Waals surface area (Å²) in [6.45, 7) is 4.50. The van der Waals surface area contributed by atoms with Crippen LogP contribution in [0.3, 0.4) is 0 Å². The molecule has 1 aliphatic heterocycles. The van der Waals surface area contributed by atoms with Crippen LogP contribution in [0.2, 0.25) is 0 Å². The molecule has 2 aromatic rings. The summed E-state index contributed by atoms with van der Waals surface area (Å²) in [4.78, 5) is 16.5. The summed E-state index contributed by atoms with van der Waals surface area (Å²) in [5.41, 5.74) is 3.38.